The molecule has 2 unspecified atom stereocenters. The molecule has 2 aromatic rings. The van der Waals surface area contributed by atoms with Gasteiger partial charge in [0.05, 0.1) is 0 Å². The van der Waals surface area contributed by atoms with Crippen LogP contribution in [-0.2, 0) is 0 Å². The molecular formula is C16H18ClN3O2. The summed E-state index contributed by atoms with van der Waals surface area (Å²) < 4.78 is 5.36. The zero-order chi connectivity index (χ0) is 15.3. The number of amides is 1. The molecule has 0 aromatic carbocycles. The van der Waals surface area contributed by atoms with Gasteiger partial charge in [-0.1, -0.05) is 0 Å². The van der Waals surface area contributed by atoms with Gasteiger partial charge in [0.1, 0.15) is 11.3 Å². The smallest absolute Gasteiger partial charge is 0.270 e. The van der Waals surface area contributed by atoms with Crippen LogP contribution in [0.15, 0.2) is 22.7 Å². The van der Waals surface area contributed by atoms with Gasteiger partial charge in [-0.25, -0.2) is 0 Å². The Balaban J connectivity index is 1.55. The Hall–Kier alpha value is -1.59. The fourth-order valence-corrected chi connectivity index (χ4v) is 4.00. The number of halogens is 1. The Morgan fingerprint density at radius 2 is 2.18 bits per heavy atom. The highest BCUT2D eigenvalue weighted by molar-refractivity contribution is 6.29. The average Bonchev–Trinajstić information content (AvgIpc) is 2.90. The van der Waals surface area contributed by atoms with Crippen LogP contribution in [0.5, 0.6) is 0 Å². The number of hydrogen-bond donors (Lipinski definition) is 1. The normalized spacial score (nSPS) is 30.6. The number of hydrogen-bond acceptors (Lipinski definition) is 4. The minimum atomic E-state index is -0.139. The van der Waals surface area contributed by atoms with Crippen LogP contribution < -0.4 is 5.32 Å². The Bertz CT molecular complexity index is 719. The van der Waals surface area contributed by atoms with Crippen molar-refractivity contribution in [3.8, 4) is 0 Å². The number of carbonyl (C=O) groups excluding carboxylic acids is 1. The molecule has 2 atom stereocenters. The first-order chi connectivity index (χ1) is 10.6. The lowest BCUT2D eigenvalue weighted by Crippen LogP contribution is -2.62. The second-order valence-corrected chi connectivity index (χ2v) is 6.64. The van der Waals surface area contributed by atoms with E-state index >= 15 is 0 Å². The fraction of sp³-hybridized carbons (Fsp3) is 0.500. The van der Waals surface area contributed by atoms with Crippen molar-refractivity contribution in [2.75, 3.05) is 13.1 Å². The molecule has 2 aromatic heterocycles. The van der Waals surface area contributed by atoms with Crippen LogP contribution in [0.2, 0.25) is 5.22 Å². The number of aromatic nitrogens is 1. The molecule has 0 spiro atoms. The summed E-state index contributed by atoms with van der Waals surface area (Å²) in [5.74, 6) is 0.436. The average molecular weight is 320 g/mol. The van der Waals surface area contributed by atoms with Gasteiger partial charge < -0.3 is 9.73 Å². The minimum Gasteiger partial charge on any atom is -0.445 e. The van der Waals surface area contributed by atoms with Crippen LogP contribution in [0.1, 0.15) is 30.3 Å². The number of nitrogens with zero attached hydrogens (tertiary/aromatic N) is 2. The third-order valence-corrected chi connectivity index (χ3v) is 5.27. The zero-order valence-electron chi connectivity index (χ0n) is 12.4. The molecule has 1 N–H and O–H groups in total. The molecule has 3 fully saturated rings. The lowest BCUT2D eigenvalue weighted by atomic mass is 9.79. The molecule has 0 radical (unpaired) electrons. The van der Waals surface area contributed by atoms with E-state index in [0.29, 0.717) is 28.5 Å². The van der Waals surface area contributed by atoms with Gasteiger partial charge in [-0.3, -0.25) is 14.7 Å². The summed E-state index contributed by atoms with van der Waals surface area (Å²) in [5.41, 5.74) is 0.967. The lowest BCUT2D eigenvalue weighted by molar-refractivity contribution is 0.0216. The molecule has 5 nitrogen and oxygen atoms in total. The van der Waals surface area contributed by atoms with E-state index in [9.17, 15) is 4.79 Å². The van der Waals surface area contributed by atoms with Gasteiger partial charge in [0.25, 0.3) is 5.91 Å². The molecule has 0 saturated carbocycles. The molecule has 22 heavy (non-hydrogen) atoms. The summed E-state index contributed by atoms with van der Waals surface area (Å²) >= 11 is 5.83. The number of piperidine rings is 3. The molecule has 116 valence electrons. The van der Waals surface area contributed by atoms with Crippen molar-refractivity contribution in [1.82, 2.24) is 15.2 Å². The molecule has 0 aliphatic carbocycles. The van der Waals surface area contributed by atoms with Crippen LogP contribution >= 0.6 is 11.6 Å². The molecule has 6 heteroatoms. The van der Waals surface area contributed by atoms with E-state index in [1.54, 1.807) is 18.3 Å². The monoisotopic (exact) mass is 319 g/mol. The summed E-state index contributed by atoms with van der Waals surface area (Å²) in [4.78, 5) is 19.2. The van der Waals surface area contributed by atoms with Gasteiger partial charge in [0, 0.05) is 35.8 Å². The maximum atomic E-state index is 12.5. The summed E-state index contributed by atoms with van der Waals surface area (Å²) in [6, 6.07) is 3.94. The van der Waals surface area contributed by atoms with Crippen molar-refractivity contribution in [2.24, 2.45) is 5.92 Å². The lowest BCUT2D eigenvalue weighted by Gasteiger charge is -2.49. The van der Waals surface area contributed by atoms with E-state index in [4.69, 9.17) is 16.0 Å². The Morgan fingerprint density at radius 1 is 1.41 bits per heavy atom. The van der Waals surface area contributed by atoms with Crippen molar-refractivity contribution in [1.29, 1.82) is 0 Å². The molecule has 1 amide bonds. The van der Waals surface area contributed by atoms with Crippen LogP contribution in [-0.4, -0.2) is 41.0 Å². The second kappa shape index (κ2) is 5.25. The number of rotatable bonds is 2. The molecule has 5 rings (SSSR count). The van der Waals surface area contributed by atoms with Gasteiger partial charge in [0.2, 0.25) is 0 Å². The van der Waals surface area contributed by atoms with Crippen LogP contribution in [0.4, 0.5) is 0 Å². The highest BCUT2D eigenvalue weighted by Gasteiger charge is 2.40. The van der Waals surface area contributed by atoms with E-state index in [2.05, 4.69) is 22.1 Å². The fourth-order valence-electron chi connectivity index (χ4n) is 3.80. The predicted molar refractivity (Wildman–Crippen MR) is 84.0 cm³/mol. The van der Waals surface area contributed by atoms with E-state index < -0.39 is 0 Å². The van der Waals surface area contributed by atoms with E-state index in [-0.39, 0.29) is 11.9 Å². The molecule has 2 bridgehead atoms. The predicted octanol–water partition coefficient (Wildman–Crippen LogP) is 2.69. The summed E-state index contributed by atoms with van der Waals surface area (Å²) in [6.45, 7) is 4.49. The first-order valence-electron chi connectivity index (χ1n) is 7.72. The number of nitrogens with one attached hydrogen (secondary N) is 1. The number of furan rings is 1. The standard InChI is InChI=1S/C16H18ClN3O2/c1-9-15(10-2-4-20(9)5-3-10)19-16(21)12-7-13-11(8-18-12)6-14(17)22-13/h6-10,15H,2-5H2,1H3,(H,19,21). The molecular weight excluding hydrogens is 302 g/mol. The highest BCUT2D eigenvalue weighted by atomic mass is 35.5. The third-order valence-electron chi connectivity index (χ3n) is 5.08. The van der Waals surface area contributed by atoms with Gasteiger partial charge >= 0.3 is 0 Å². The van der Waals surface area contributed by atoms with Crippen molar-refractivity contribution < 1.29 is 9.21 Å². The SMILES string of the molecule is CC1C(NC(=O)c2cc3oc(Cl)cc3cn2)C2CCN1CC2. The highest BCUT2D eigenvalue weighted by Crippen LogP contribution is 2.32. The van der Waals surface area contributed by atoms with Crippen LogP contribution in [0, 0.1) is 5.92 Å². The largest absolute Gasteiger partial charge is 0.445 e. The van der Waals surface area contributed by atoms with E-state index in [0.717, 1.165) is 31.3 Å². The van der Waals surface area contributed by atoms with Crippen molar-refractivity contribution in [3.05, 3.63) is 29.2 Å². The van der Waals surface area contributed by atoms with Gasteiger partial charge in [-0.2, -0.15) is 0 Å². The topological polar surface area (TPSA) is 58.4 Å². The number of carbonyl (C=O) groups is 1. The Morgan fingerprint density at radius 3 is 2.91 bits per heavy atom. The third kappa shape index (κ3) is 2.29. The number of fused-ring (bicyclic) bond motifs is 4. The van der Waals surface area contributed by atoms with Crippen molar-refractivity contribution in [2.45, 2.75) is 31.8 Å². The van der Waals surface area contributed by atoms with Gasteiger partial charge in [0.15, 0.2) is 5.22 Å². The Kier molecular flexibility index (Phi) is 3.35. The van der Waals surface area contributed by atoms with Crippen LogP contribution in [0.25, 0.3) is 11.0 Å². The quantitative estimate of drug-likeness (QED) is 0.924. The Labute approximate surface area is 133 Å². The molecule has 3 aliphatic rings. The zero-order valence-corrected chi connectivity index (χ0v) is 13.1. The molecule has 3 saturated heterocycles. The maximum absolute atomic E-state index is 12.5. The van der Waals surface area contributed by atoms with Crippen LogP contribution in [0.3, 0.4) is 0 Å². The minimum absolute atomic E-state index is 0.139. The number of pyridine rings is 1. The second-order valence-electron chi connectivity index (χ2n) is 6.27. The van der Waals surface area contributed by atoms with Crippen molar-refractivity contribution >= 4 is 28.5 Å². The van der Waals surface area contributed by atoms with E-state index in [1.807, 2.05) is 0 Å². The molecule has 3 aliphatic heterocycles. The first-order valence-corrected chi connectivity index (χ1v) is 8.09. The maximum Gasteiger partial charge on any atom is 0.270 e. The summed E-state index contributed by atoms with van der Waals surface area (Å²) in [6.07, 6.45) is 3.95. The van der Waals surface area contributed by atoms with Crippen molar-refractivity contribution in [3.63, 3.8) is 0 Å². The van der Waals surface area contributed by atoms with Gasteiger partial charge in [-0.05, 0) is 50.4 Å². The molecule has 5 heterocycles. The first kappa shape index (κ1) is 14.0. The summed E-state index contributed by atoms with van der Waals surface area (Å²) in [7, 11) is 0. The van der Waals surface area contributed by atoms with E-state index in [1.165, 1.54) is 0 Å². The van der Waals surface area contributed by atoms with Gasteiger partial charge in [-0.15, -0.1) is 0 Å². The summed E-state index contributed by atoms with van der Waals surface area (Å²) in [5, 5.41) is 4.28.